The first-order valence-corrected chi connectivity index (χ1v) is 12.0. The normalized spacial score (nSPS) is 16.4. The fraction of sp³-hybridized carbons (Fsp3) is 0.321. The van der Waals surface area contributed by atoms with Gasteiger partial charge in [-0.1, -0.05) is 83.5 Å². The summed E-state index contributed by atoms with van der Waals surface area (Å²) in [6, 6.07) is 26.0. The molecule has 0 unspecified atom stereocenters. The molecule has 0 saturated carbocycles. The topological polar surface area (TPSA) is 54.3 Å². The largest absolute Gasteiger partial charge is 0.390 e. The van der Waals surface area contributed by atoms with Crippen molar-refractivity contribution < 1.29 is 14.7 Å². The Labute approximate surface area is 206 Å². The molecule has 0 aliphatic carbocycles. The number of hydrogen-bond acceptors (Lipinski definition) is 5. The summed E-state index contributed by atoms with van der Waals surface area (Å²) in [6.07, 6.45) is 0.0320. The van der Waals surface area contributed by atoms with Crippen LogP contribution in [0.4, 0.5) is 0 Å². The highest BCUT2D eigenvalue weighted by Gasteiger charge is 2.26. The number of hydrogen-bond donors (Lipinski definition) is 1. The molecule has 4 rings (SSSR count). The van der Waals surface area contributed by atoms with Gasteiger partial charge in [-0.25, -0.2) is 0 Å². The van der Waals surface area contributed by atoms with Crippen molar-refractivity contribution in [3.8, 4) is 0 Å². The first-order valence-electron chi connectivity index (χ1n) is 11.6. The Kier molecular flexibility index (Phi) is 8.72. The maximum absolute atomic E-state index is 10.7. The number of aliphatic hydroxyl groups excluding tert-OH is 1. The molecule has 34 heavy (non-hydrogen) atoms. The first-order chi connectivity index (χ1) is 16.6. The molecule has 0 amide bonds. The molecular formula is C28H31ClN2O3. The summed E-state index contributed by atoms with van der Waals surface area (Å²) in [5, 5.41) is 15.8. The van der Waals surface area contributed by atoms with Gasteiger partial charge in [-0.05, 0) is 35.7 Å². The molecule has 3 aromatic rings. The molecule has 5 nitrogen and oxygen atoms in total. The minimum atomic E-state index is -0.624. The maximum Gasteiger partial charge on any atom is 0.145 e. The van der Waals surface area contributed by atoms with Crippen molar-refractivity contribution in [1.82, 2.24) is 4.90 Å². The van der Waals surface area contributed by atoms with E-state index in [0.717, 1.165) is 28.8 Å². The summed E-state index contributed by atoms with van der Waals surface area (Å²) < 4.78 is 5.76. The summed E-state index contributed by atoms with van der Waals surface area (Å²) >= 11 is 6.20. The van der Waals surface area contributed by atoms with Crippen LogP contribution in [-0.4, -0.2) is 47.6 Å². The predicted octanol–water partition coefficient (Wildman–Crippen LogP) is 5.22. The molecule has 0 fully saturated rings. The van der Waals surface area contributed by atoms with Gasteiger partial charge in [0.25, 0.3) is 0 Å². The third kappa shape index (κ3) is 7.15. The predicted molar refractivity (Wildman–Crippen MR) is 136 cm³/mol. The monoisotopic (exact) mass is 478 g/mol. The van der Waals surface area contributed by atoms with Crippen molar-refractivity contribution in [2.24, 2.45) is 5.16 Å². The standard InChI is InChI=1S/C28H31ClN2O3/c1-21-8-5-6-13-27(21)28-15-26(34-30-28)18-31(16-23-11-7-12-24(29)14-23)17-25(32)20-33-19-22-9-3-2-4-10-22/h2-14,25-26,32H,15-20H2,1H3/t25-,26-/m1/s1. The Morgan fingerprint density at radius 1 is 1.06 bits per heavy atom. The van der Waals surface area contributed by atoms with Gasteiger partial charge in [0.05, 0.1) is 25.0 Å². The lowest BCUT2D eigenvalue weighted by Crippen LogP contribution is -2.39. The molecular weight excluding hydrogens is 448 g/mol. The highest BCUT2D eigenvalue weighted by Crippen LogP contribution is 2.21. The van der Waals surface area contributed by atoms with Gasteiger partial charge in [-0.15, -0.1) is 0 Å². The number of benzene rings is 3. The quantitative estimate of drug-likeness (QED) is 0.410. The summed E-state index contributed by atoms with van der Waals surface area (Å²) in [4.78, 5) is 7.98. The second-order valence-corrected chi connectivity index (χ2v) is 9.20. The second kappa shape index (κ2) is 12.1. The minimum absolute atomic E-state index is 0.0776. The van der Waals surface area contributed by atoms with Crippen LogP contribution < -0.4 is 0 Å². The molecule has 0 aromatic heterocycles. The fourth-order valence-corrected chi connectivity index (χ4v) is 4.42. The zero-order valence-corrected chi connectivity index (χ0v) is 20.2. The van der Waals surface area contributed by atoms with Gasteiger partial charge in [0.1, 0.15) is 6.10 Å². The van der Waals surface area contributed by atoms with Crippen LogP contribution in [0.1, 0.15) is 28.7 Å². The zero-order chi connectivity index (χ0) is 23.8. The van der Waals surface area contributed by atoms with Gasteiger partial charge >= 0.3 is 0 Å². The van der Waals surface area contributed by atoms with Crippen LogP contribution in [0.25, 0.3) is 0 Å². The Bertz CT molecular complexity index is 1090. The third-order valence-electron chi connectivity index (χ3n) is 5.84. The molecule has 1 aliphatic heterocycles. The van der Waals surface area contributed by atoms with Crippen LogP contribution >= 0.6 is 11.6 Å². The molecule has 178 valence electrons. The number of ether oxygens (including phenoxy) is 1. The van der Waals surface area contributed by atoms with Gasteiger partial charge < -0.3 is 14.7 Å². The lowest BCUT2D eigenvalue weighted by molar-refractivity contribution is -0.00648. The Hall–Kier alpha value is -2.70. The molecule has 0 radical (unpaired) electrons. The average molecular weight is 479 g/mol. The summed E-state index contributed by atoms with van der Waals surface area (Å²) in [7, 11) is 0. The maximum atomic E-state index is 10.7. The highest BCUT2D eigenvalue weighted by atomic mass is 35.5. The van der Waals surface area contributed by atoms with Crippen molar-refractivity contribution in [3.63, 3.8) is 0 Å². The van der Waals surface area contributed by atoms with E-state index in [4.69, 9.17) is 21.2 Å². The molecule has 1 heterocycles. The van der Waals surface area contributed by atoms with Gasteiger partial charge in [0, 0.05) is 36.6 Å². The minimum Gasteiger partial charge on any atom is -0.390 e. The van der Waals surface area contributed by atoms with Crippen LogP contribution in [0.15, 0.2) is 84.0 Å². The van der Waals surface area contributed by atoms with E-state index >= 15 is 0 Å². The van der Waals surface area contributed by atoms with Crippen LogP contribution in [0, 0.1) is 6.92 Å². The van der Waals surface area contributed by atoms with Gasteiger partial charge in [0.2, 0.25) is 0 Å². The fourth-order valence-electron chi connectivity index (χ4n) is 4.20. The number of halogens is 1. The highest BCUT2D eigenvalue weighted by molar-refractivity contribution is 6.30. The summed E-state index contributed by atoms with van der Waals surface area (Å²) in [6.45, 7) is 4.57. The molecule has 1 aliphatic rings. The van der Waals surface area contributed by atoms with Crippen LogP contribution in [0.5, 0.6) is 0 Å². The molecule has 2 atom stereocenters. The van der Waals surface area contributed by atoms with E-state index in [-0.39, 0.29) is 12.7 Å². The number of nitrogens with zero attached hydrogens (tertiary/aromatic N) is 2. The molecule has 1 N–H and O–H groups in total. The number of aryl methyl sites for hydroxylation is 1. The molecule has 6 heteroatoms. The van der Waals surface area contributed by atoms with Gasteiger partial charge in [-0.2, -0.15) is 0 Å². The molecule has 0 spiro atoms. The average Bonchev–Trinajstić information content (AvgIpc) is 3.28. The second-order valence-electron chi connectivity index (χ2n) is 8.76. The Balaban J connectivity index is 1.35. The van der Waals surface area contributed by atoms with Crippen LogP contribution in [-0.2, 0) is 22.7 Å². The molecule has 0 saturated heterocycles. The van der Waals surface area contributed by atoms with E-state index in [2.05, 4.69) is 29.1 Å². The van der Waals surface area contributed by atoms with Crippen molar-refractivity contribution in [2.45, 2.75) is 38.7 Å². The van der Waals surface area contributed by atoms with Crippen molar-refractivity contribution >= 4 is 17.3 Å². The van der Waals surface area contributed by atoms with Crippen molar-refractivity contribution in [1.29, 1.82) is 0 Å². The van der Waals surface area contributed by atoms with Crippen LogP contribution in [0.2, 0.25) is 5.02 Å². The van der Waals surface area contributed by atoms with Crippen molar-refractivity contribution in [3.05, 3.63) is 106 Å². The lowest BCUT2D eigenvalue weighted by atomic mass is 10.00. The van der Waals surface area contributed by atoms with Crippen molar-refractivity contribution in [2.75, 3.05) is 19.7 Å². The van der Waals surface area contributed by atoms with E-state index in [1.165, 1.54) is 5.56 Å². The molecule has 3 aromatic carbocycles. The third-order valence-corrected chi connectivity index (χ3v) is 6.07. The van der Waals surface area contributed by atoms with Gasteiger partial charge in [0.15, 0.2) is 0 Å². The Morgan fingerprint density at radius 3 is 2.62 bits per heavy atom. The van der Waals surface area contributed by atoms with Gasteiger partial charge in [-0.3, -0.25) is 4.90 Å². The smallest absolute Gasteiger partial charge is 0.145 e. The van der Waals surface area contributed by atoms with E-state index < -0.39 is 6.10 Å². The summed E-state index contributed by atoms with van der Waals surface area (Å²) in [5.41, 5.74) is 5.46. The first kappa shape index (κ1) is 24.4. The number of aliphatic hydroxyl groups is 1. The van der Waals surface area contributed by atoms with E-state index in [1.807, 2.05) is 66.7 Å². The molecule has 0 bridgehead atoms. The summed E-state index contributed by atoms with van der Waals surface area (Å²) in [5.74, 6) is 0. The van der Waals surface area contributed by atoms with Crippen LogP contribution in [0.3, 0.4) is 0 Å². The Morgan fingerprint density at radius 2 is 1.82 bits per heavy atom. The van der Waals surface area contributed by atoms with E-state index in [9.17, 15) is 5.11 Å². The lowest BCUT2D eigenvalue weighted by Gasteiger charge is -2.27. The van der Waals surface area contributed by atoms with E-state index in [0.29, 0.717) is 31.3 Å². The SMILES string of the molecule is Cc1ccccc1C1=NO[C@@H](CN(Cc2cccc(Cl)c2)C[C@@H](O)COCc2ccccc2)C1. The van der Waals surface area contributed by atoms with E-state index in [1.54, 1.807) is 0 Å². The zero-order valence-electron chi connectivity index (χ0n) is 19.4. The number of oxime groups is 1. The number of rotatable bonds is 11.